The predicted octanol–water partition coefficient (Wildman–Crippen LogP) is 2.13. The molecule has 0 saturated carbocycles. The fraction of sp³-hybridized carbons (Fsp3) is 0.438. The summed E-state index contributed by atoms with van der Waals surface area (Å²) in [5, 5.41) is 11.9. The van der Waals surface area contributed by atoms with Crippen molar-refractivity contribution in [3.05, 3.63) is 30.1 Å². The number of carbonyl (C=O) groups excluding carboxylic acids is 1. The summed E-state index contributed by atoms with van der Waals surface area (Å²) in [6.07, 6.45) is 1.00. The third-order valence-electron chi connectivity index (χ3n) is 4.29. The number of carboxylic acids is 1. The zero-order valence-corrected chi connectivity index (χ0v) is 13.0. The molecule has 0 spiro atoms. The zero-order chi connectivity index (χ0) is 16.4. The van der Waals surface area contributed by atoms with Crippen LogP contribution in [-0.2, 0) is 4.79 Å². The Morgan fingerprint density at radius 2 is 2.04 bits per heavy atom. The molecule has 1 aromatic heterocycles. The summed E-state index contributed by atoms with van der Waals surface area (Å²) in [6.45, 7) is 2.81. The second-order valence-corrected chi connectivity index (χ2v) is 5.91. The molecular weight excluding hydrogens is 296 g/mol. The van der Waals surface area contributed by atoms with Crippen molar-refractivity contribution in [2.75, 3.05) is 13.1 Å². The molecule has 3 N–H and O–H groups in total. The van der Waals surface area contributed by atoms with Gasteiger partial charge in [0.25, 0.3) is 0 Å². The molecule has 0 radical (unpaired) electrons. The maximum atomic E-state index is 12.3. The van der Waals surface area contributed by atoms with Gasteiger partial charge in [-0.05, 0) is 31.9 Å². The van der Waals surface area contributed by atoms with E-state index in [4.69, 9.17) is 5.11 Å². The van der Waals surface area contributed by atoms with E-state index >= 15 is 0 Å². The van der Waals surface area contributed by atoms with Gasteiger partial charge in [0.2, 0.25) is 0 Å². The lowest BCUT2D eigenvalue weighted by atomic mass is 9.97. The Bertz CT molecular complexity index is 686. The van der Waals surface area contributed by atoms with Crippen LogP contribution >= 0.6 is 0 Å². The second-order valence-electron chi connectivity index (χ2n) is 5.91. The fourth-order valence-electron chi connectivity index (χ4n) is 2.85. The normalized spacial score (nSPS) is 17.2. The first-order valence-corrected chi connectivity index (χ1v) is 7.77. The topological polar surface area (TPSA) is 98.3 Å². The van der Waals surface area contributed by atoms with Crippen molar-refractivity contribution < 1.29 is 14.7 Å². The van der Waals surface area contributed by atoms with Gasteiger partial charge < -0.3 is 20.3 Å². The van der Waals surface area contributed by atoms with Crippen LogP contribution in [0.4, 0.5) is 4.79 Å². The van der Waals surface area contributed by atoms with E-state index in [0.29, 0.717) is 31.8 Å². The Morgan fingerprint density at radius 1 is 1.35 bits per heavy atom. The quantitative estimate of drug-likeness (QED) is 0.808. The third-order valence-corrected chi connectivity index (χ3v) is 4.29. The molecule has 2 amide bonds. The Kier molecular flexibility index (Phi) is 4.18. The zero-order valence-electron chi connectivity index (χ0n) is 13.0. The fourth-order valence-corrected chi connectivity index (χ4v) is 2.85. The third kappa shape index (κ3) is 3.28. The first kappa shape index (κ1) is 15.3. The molecule has 2 heterocycles. The number of carbonyl (C=O) groups is 2. The molecular formula is C16H20N4O3. The Balaban J connectivity index is 1.60. The highest BCUT2D eigenvalue weighted by Crippen LogP contribution is 2.19. The average molecular weight is 316 g/mol. The first-order chi connectivity index (χ1) is 11.0. The molecule has 1 atom stereocenters. The number of urea groups is 1. The molecule has 2 aromatic rings. The van der Waals surface area contributed by atoms with E-state index in [0.717, 1.165) is 11.0 Å². The number of nitrogens with zero attached hydrogens (tertiary/aromatic N) is 2. The van der Waals surface area contributed by atoms with Crippen molar-refractivity contribution in [3.63, 3.8) is 0 Å². The molecule has 122 valence electrons. The van der Waals surface area contributed by atoms with E-state index in [9.17, 15) is 9.59 Å². The number of aromatic nitrogens is 2. The molecule has 23 heavy (non-hydrogen) atoms. The van der Waals surface area contributed by atoms with Gasteiger partial charge in [0.15, 0.2) is 0 Å². The van der Waals surface area contributed by atoms with Crippen molar-refractivity contribution in [3.8, 4) is 0 Å². The Labute approximate surface area is 133 Å². The number of rotatable bonds is 3. The van der Waals surface area contributed by atoms with Crippen molar-refractivity contribution in [2.45, 2.75) is 25.8 Å². The number of nitrogens with one attached hydrogen (secondary N) is 2. The summed E-state index contributed by atoms with van der Waals surface area (Å²) >= 11 is 0. The number of aliphatic carboxylic acids is 1. The molecule has 3 rings (SSSR count). The van der Waals surface area contributed by atoms with Crippen LogP contribution in [0.2, 0.25) is 0 Å². The van der Waals surface area contributed by atoms with E-state index in [1.807, 2.05) is 31.2 Å². The van der Waals surface area contributed by atoms with Crippen LogP contribution in [0.15, 0.2) is 24.3 Å². The molecule has 1 aliphatic rings. The second kappa shape index (κ2) is 6.28. The number of aromatic amines is 1. The minimum Gasteiger partial charge on any atom is -0.481 e. The monoisotopic (exact) mass is 316 g/mol. The van der Waals surface area contributed by atoms with Crippen LogP contribution in [0.3, 0.4) is 0 Å². The summed E-state index contributed by atoms with van der Waals surface area (Å²) < 4.78 is 0. The minimum atomic E-state index is -0.777. The van der Waals surface area contributed by atoms with Crippen molar-refractivity contribution in [1.82, 2.24) is 20.2 Å². The van der Waals surface area contributed by atoms with Crippen molar-refractivity contribution in [2.24, 2.45) is 5.92 Å². The van der Waals surface area contributed by atoms with Crippen LogP contribution in [0.5, 0.6) is 0 Å². The van der Waals surface area contributed by atoms with Gasteiger partial charge >= 0.3 is 12.0 Å². The summed E-state index contributed by atoms with van der Waals surface area (Å²) in [4.78, 5) is 32.6. The van der Waals surface area contributed by atoms with Crippen molar-refractivity contribution >= 4 is 23.0 Å². The maximum Gasteiger partial charge on any atom is 0.317 e. The van der Waals surface area contributed by atoms with Gasteiger partial charge in [-0.1, -0.05) is 12.1 Å². The van der Waals surface area contributed by atoms with Gasteiger partial charge in [0.1, 0.15) is 5.82 Å². The van der Waals surface area contributed by atoms with E-state index in [2.05, 4.69) is 15.3 Å². The Morgan fingerprint density at radius 3 is 2.70 bits per heavy atom. The SMILES string of the molecule is CC(NC(=O)N1CCC(C(=O)O)CC1)c1nc2ccccc2[nH]1. The summed E-state index contributed by atoms with van der Waals surface area (Å²) in [7, 11) is 0. The number of amides is 2. The van der Waals surface area contributed by atoms with Gasteiger partial charge in [-0.15, -0.1) is 0 Å². The highest BCUT2D eigenvalue weighted by atomic mass is 16.4. The largest absolute Gasteiger partial charge is 0.481 e. The summed E-state index contributed by atoms with van der Waals surface area (Å²) in [5.74, 6) is -0.410. The van der Waals surface area contributed by atoms with E-state index in [1.165, 1.54) is 0 Å². The summed E-state index contributed by atoms with van der Waals surface area (Å²) in [5.41, 5.74) is 1.80. The molecule has 0 bridgehead atoms. The van der Waals surface area contributed by atoms with Gasteiger partial charge in [-0.25, -0.2) is 9.78 Å². The number of hydrogen-bond donors (Lipinski definition) is 3. The number of H-pyrrole nitrogens is 1. The van der Waals surface area contributed by atoms with Crippen LogP contribution < -0.4 is 5.32 Å². The smallest absolute Gasteiger partial charge is 0.317 e. The lowest BCUT2D eigenvalue weighted by molar-refractivity contribution is -0.143. The predicted molar refractivity (Wildman–Crippen MR) is 85.0 cm³/mol. The van der Waals surface area contributed by atoms with Crippen molar-refractivity contribution in [1.29, 1.82) is 0 Å². The lowest BCUT2D eigenvalue weighted by Crippen LogP contribution is -2.46. The molecule has 0 aliphatic carbocycles. The highest BCUT2D eigenvalue weighted by Gasteiger charge is 2.27. The number of piperidine rings is 1. The molecule has 1 aromatic carbocycles. The van der Waals surface area contributed by atoms with Gasteiger partial charge in [0, 0.05) is 13.1 Å². The molecule has 7 heteroatoms. The standard InChI is InChI=1S/C16H20N4O3/c1-10(14-18-12-4-2-3-5-13(12)19-14)17-16(23)20-8-6-11(7-9-20)15(21)22/h2-5,10-11H,6-9H2,1H3,(H,17,23)(H,18,19)(H,21,22). The van der Waals surface area contributed by atoms with Gasteiger partial charge in [-0.2, -0.15) is 0 Å². The number of likely N-dealkylation sites (tertiary alicyclic amines) is 1. The van der Waals surface area contributed by atoms with Crippen LogP contribution in [0.1, 0.15) is 31.6 Å². The lowest BCUT2D eigenvalue weighted by Gasteiger charge is -2.31. The minimum absolute atomic E-state index is 0.179. The molecule has 1 aliphatic heterocycles. The van der Waals surface area contributed by atoms with Crippen LogP contribution in [0, 0.1) is 5.92 Å². The molecule has 1 saturated heterocycles. The molecule has 1 fully saturated rings. The summed E-state index contributed by atoms with van der Waals surface area (Å²) in [6, 6.07) is 7.29. The van der Waals surface area contributed by atoms with E-state index in [1.54, 1.807) is 4.90 Å². The highest BCUT2D eigenvalue weighted by molar-refractivity contribution is 5.77. The van der Waals surface area contributed by atoms with Gasteiger partial charge in [-0.3, -0.25) is 4.79 Å². The number of imidazole rings is 1. The van der Waals surface area contributed by atoms with E-state index < -0.39 is 5.97 Å². The van der Waals surface area contributed by atoms with Gasteiger partial charge in [0.05, 0.1) is 23.0 Å². The molecule has 1 unspecified atom stereocenters. The average Bonchev–Trinajstić information content (AvgIpc) is 2.99. The number of para-hydroxylation sites is 2. The van der Waals surface area contributed by atoms with Crippen LogP contribution in [0.25, 0.3) is 11.0 Å². The maximum absolute atomic E-state index is 12.3. The first-order valence-electron chi connectivity index (χ1n) is 7.77. The number of fused-ring (bicyclic) bond motifs is 1. The molecule has 7 nitrogen and oxygen atoms in total. The number of benzene rings is 1. The van der Waals surface area contributed by atoms with E-state index in [-0.39, 0.29) is 18.0 Å². The Hall–Kier alpha value is -2.57. The number of hydrogen-bond acceptors (Lipinski definition) is 3. The van der Waals surface area contributed by atoms with Crippen LogP contribution in [-0.4, -0.2) is 45.1 Å². The number of carboxylic acid groups (broad SMARTS) is 1.